The number of para-hydroxylation sites is 1. The molecule has 0 aliphatic rings. The Bertz CT molecular complexity index is 381. The second-order valence-electron chi connectivity index (χ2n) is 5.16. The van der Waals surface area contributed by atoms with Crippen molar-refractivity contribution in [3.63, 3.8) is 0 Å². The Morgan fingerprint density at radius 2 is 1.76 bits per heavy atom. The number of methoxy groups -OCH3 is 1. The van der Waals surface area contributed by atoms with E-state index >= 15 is 0 Å². The van der Waals surface area contributed by atoms with Gasteiger partial charge in [0.05, 0.1) is 6.61 Å². The summed E-state index contributed by atoms with van der Waals surface area (Å²) in [5.74, 6) is 0.899. The van der Waals surface area contributed by atoms with Crippen LogP contribution in [0.25, 0.3) is 0 Å². The quantitative estimate of drug-likeness (QED) is 0.681. The SMILES string of the molecule is CCC(CC)N(CCOC)CCOc1ccccc1CN. The van der Waals surface area contributed by atoms with Gasteiger partial charge >= 0.3 is 0 Å². The molecular weight excluding hydrogens is 264 g/mol. The molecule has 1 aromatic rings. The molecule has 0 saturated carbocycles. The molecule has 0 amide bonds. The summed E-state index contributed by atoms with van der Waals surface area (Å²) >= 11 is 0. The van der Waals surface area contributed by atoms with Gasteiger partial charge < -0.3 is 15.2 Å². The third kappa shape index (κ3) is 6.04. The highest BCUT2D eigenvalue weighted by atomic mass is 16.5. The fraction of sp³-hybridized carbons (Fsp3) is 0.647. The van der Waals surface area contributed by atoms with Crippen molar-refractivity contribution in [1.82, 2.24) is 4.90 Å². The Kier molecular flexibility index (Phi) is 9.06. The van der Waals surface area contributed by atoms with E-state index in [4.69, 9.17) is 15.2 Å². The van der Waals surface area contributed by atoms with Crippen molar-refractivity contribution in [2.24, 2.45) is 5.73 Å². The molecule has 4 heteroatoms. The van der Waals surface area contributed by atoms with E-state index in [9.17, 15) is 0 Å². The van der Waals surface area contributed by atoms with Crippen LogP contribution in [0, 0.1) is 0 Å². The average Bonchev–Trinajstić information content (AvgIpc) is 2.53. The van der Waals surface area contributed by atoms with Gasteiger partial charge in [-0.1, -0.05) is 32.0 Å². The van der Waals surface area contributed by atoms with E-state index in [1.165, 1.54) is 0 Å². The lowest BCUT2D eigenvalue weighted by Crippen LogP contribution is -2.39. The zero-order valence-corrected chi connectivity index (χ0v) is 13.7. The molecule has 0 heterocycles. The lowest BCUT2D eigenvalue weighted by atomic mass is 10.1. The van der Waals surface area contributed by atoms with Gasteiger partial charge in [0.2, 0.25) is 0 Å². The molecule has 2 N–H and O–H groups in total. The second-order valence-corrected chi connectivity index (χ2v) is 5.16. The van der Waals surface area contributed by atoms with Gasteiger partial charge in [0.15, 0.2) is 0 Å². The van der Waals surface area contributed by atoms with Crippen LogP contribution < -0.4 is 10.5 Å². The van der Waals surface area contributed by atoms with E-state index in [0.29, 0.717) is 19.2 Å². The van der Waals surface area contributed by atoms with Crippen molar-refractivity contribution in [3.05, 3.63) is 29.8 Å². The number of hydrogen-bond acceptors (Lipinski definition) is 4. The van der Waals surface area contributed by atoms with E-state index in [-0.39, 0.29) is 0 Å². The molecular formula is C17H30N2O2. The Morgan fingerprint density at radius 1 is 1.10 bits per heavy atom. The smallest absolute Gasteiger partial charge is 0.123 e. The third-order valence-corrected chi connectivity index (χ3v) is 3.87. The van der Waals surface area contributed by atoms with Gasteiger partial charge in [-0.2, -0.15) is 0 Å². The van der Waals surface area contributed by atoms with Crippen LogP contribution in [0.15, 0.2) is 24.3 Å². The molecule has 1 rings (SSSR count). The predicted molar refractivity (Wildman–Crippen MR) is 87.6 cm³/mol. The van der Waals surface area contributed by atoms with Crippen LogP contribution in [-0.2, 0) is 11.3 Å². The van der Waals surface area contributed by atoms with Crippen LogP contribution in [-0.4, -0.2) is 44.4 Å². The minimum atomic E-state index is 0.510. The van der Waals surface area contributed by atoms with E-state index in [1.807, 2.05) is 24.3 Å². The normalized spacial score (nSPS) is 11.3. The Labute approximate surface area is 129 Å². The molecule has 0 radical (unpaired) electrons. The first-order chi connectivity index (χ1) is 10.3. The van der Waals surface area contributed by atoms with E-state index in [1.54, 1.807) is 7.11 Å². The molecule has 0 aromatic heterocycles. The van der Waals surface area contributed by atoms with Gasteiger partial charge in [-0.3, -0.25) is 4.90 Å². The molecule has 1 aromatic carbocycles. The Balaban J connectivity index is 2.52. The highest BCUT2D eigenvalue weighted by Crippen LogP contribution is 2.17. The van der Waals surface area contributed by atoms with Gasteiger partial charge in [0.1, 0.15) is 12.4 Å². The Morgan fingerprint density at radius 3 is 2.38 bits per heavy atom. The number of benzene rings is 1. The van der Waals surface area contributed by atoms with Crippen molar-refractivity contribution < 1.29 is 9.47 Å². The largest absolute Gasteiger partial charge is 0.492 e. The lowest BCUT2D eigenvalue weighted by molar-refractivity contribution is 0.101. The van der Waals surface area contributed by atoms with Crippen LogP contribution in [0.3, 0.4) is 0 Å². The summed E-state index contributed by atoms with van der Waals surface area (Å²) in [5.41, 5.74) is 6.79. The molecule has 0 unspecified atom stereocenters. The van der Waals surface area contributed by atoms with Gasteiger partial charge in [-0.25, -0.2) is 0 Å². The number of hydrogen-bond donors (Lipinski definition) is 1. The summed E-state index contributed by atoms with van der Waals surface area (Å²) < 4.78 is 11.1. The molecule has 0 spiro atoms. The standard InChI is InChI=1S/C17H30N2O2/c1-4-16(5-2)19(10-12-20-3)11-13-21-17-9-7-6-8-15(17)14-18/h6-9,16H,4-5,10-14,18H2,1-3H3. The minimum Gasteiger partial charge on any atom is -0.492 e. The predicted octanol–water partition coefficient (Wildman–Crippen LogP) is 2.66. The van der Waals surface area contributed by atoms with E-state index in [0.717, 1.165) is 43.9 Å². The molecule has 21 heavy (non-hydrogen) atoms. The summed E-state index contributed by atoms with van der Waals surface area (Å²) in [5, 5.41) is 0. The van der Waals surface area contributed by atoms with Gasteiger partial charge in [0.25, 0.3) is 0 Å². The summed E-state index contributed by atoms with van der Waals surface area (Å²) in [6.07, 6.45) is 2.30. The van der Waals surface area contributed by atoms with Crippen LogP contribution in [0.2, 0.25) is 0 Å². The van der Waals surface area contributed by atoms with Crippen molar-refractivity contribution in [2.45, 2.75) is 39.3 Å². The summed E-state index contributed by atoms with van der Waals surface area (Å²) in [6.45, 7) is 8.28. The van der Waals surface area contributed by atoms with Crippen LogP contribution in [0.5, 0.6) is 5.75 Å². The fourth-order valence-electron chi connectivity index (χ4n) is 2.58. The molecule has 0 aliphatic heterocycles. The maximum absolute atomic E-state index is 5.92. The average molecular weight is 294 g/mol. The van der Waals surface area contributed by atoms with Crippen LogP contribution in [0.1, 0.15) is 32.3 Å². The molecule has 0 aliphatic carbocycles. The topological polar surface area (TPSA) is 47.7 Å². The molecule has 4 nitrogen and oxygen atoms in total. The second kappa shape index (κ2) is 10.6. The number of ether oxygens (including phenoxy) is 2. The number of nitrogens with zero attached hydrogens (tertiary/aromatic N) is 1. The first kappa shape index (κ1) is 18.0. The molecule has 0 fully saturated rings. The summed E-state index contributed by atoms with van der Waals surface area (Å²) in [4.78, 5) is 2.45. The van der Waals surface area contributed by atoms with E-state index < -0.39 is 0 Å². The first-order valence-corrected chi connectivity index (χ1v) is 7.90. The highest BCUT2D eigenvalue weighted by Gasteiger charge is 2.14. The summed E-state index contributed by atoms with van der Waals surface area (Å²) in [6, 6.07) is 8.56. The lowest BCUT2D eigenvalue weighted by Gasteiger charge is -2.30. The third-order valence-electron chi connectivity index (χ3n) is 3.87. The van der Waals surface area contributed by atoms with Crippen LogP contribution >= 0.6 is 0 Å². The maximum atomic E-state index is 5.92. The number of nitrogens with two attached hydrogens (primary N) is 1. The van der Waals surface area contributed by atoms with E-state index in [2.05, 4.69) is 18.7 Å². The zero-order valence-electron chi connectivity index (χ0n) is 13.7. The first-order valence-electron chi connectivity index (χ1n) is 7.90. The highest BCUT2D eigenvalue weighted by molar-refractivity contribution is 5.32. The van der Waals surface area contributed by atoms with Crippen molar-refractivity contribution >= 4 is 0 Å². The van der Waals surface area contributed by atoms with Crippen molar-refractivity contribution in [2.75, 3.05) is 33.4 Å². The van der Waals surface area contributed by atoms with Crippen LogP contribution in [0.4, 0.5) is 0 Å². The molecule has 0 bridgehead atoms. The van der Waals surface area contributed by atoms with Crippen molar-refractivity contribution in [3.8, 4) is 5.75 Å². The monoisotopic (exact) mass is 294 g/mol. The molecule has 120 valence electrons. The fourth-order valence-corrected chi connectivity index (χ4v) is 2.58. The summed E-state index contributed by atoms with van der Waals surface area (Å²) in [7, 11) is 1.75. The minimum absolute atomic E-state index is 0.510. The Hall–Kier alpha value is -1.10. The van der Waals surface area contributed by atoms with Gasteiger partial charge in [-0.05, 0) is 18.9 Å². The molecule has 0 atom stereocenters. The zero-order chi connectivity index (χ0) is 15.5. The van der Waals surface area contributed by atoms with Gasteiger partial charge in [-0.15, -0.1) is 0 Å². The van der Waals surface area contributed by atoms with Gasteiger partial charge in [0, 0.05) is 38.3 Å². The van der Waals surface area contributed by atoms with Crippen molar-refractivity contribution in [1.29, 1.82) is 0 Å². The number of rotatable bonds is 11. The maximum Gasteiger partial charge on any atom is 0.123 e. The molecule has 0 saturated heterocycles.